The average molecular weight is 219 g/mol. The molecule has 0 saturated carbocycles. The lowest BCUT2D eigenvalue weighted by molar-refractivity contribution is -0.147. The van der Waals surface area contributed by atoms with Crippen LogP contribution >= 0.6 is 0 Å². The minimum atomic E-state index is -1.49. The van der Waals surface area contributed by atoms with Gasteiger partial charge in [-0.25, -0.2) is 4.79 Å². The van der Waals surface area contributed by atoms with E-state index in [1.54, 1.807) is 0 Å². The Bertz CT molecular complexity index is 267. The van der Waals surface area contributed by atoms with Gasteiger partial charge in [0.25, 0.3) is 0 Å². The molecule has 0 aliphatic carbocycles. The second-order valence-electron chi connectivity index (χ2n) is 2.84. The van der Waals surface area contributed by atoms with E-state index < -0.39 is 36.4 Å². The Labute approximate surface area is 85.2 Å². The number of rotatable bonds is 6. The molecule has 0 heterocycles. The van der Waals surface area contributed by atoms with Crippen molar-refractivity contribution in [3.05, 3.63) is 0 Å². The Kier molecular flexibility index (Phi) is 5.27. The first kappa shape index (κ1) is 13.3. The number of nitrogens with two attached hydrogens (primary N) is 2. The molecule has 0 aromatic carbocycles. The number of hydrogen-bond acceptors (Lipinski definition) is 5. The van der Waals surface area contributed by atoms with E-state index in [2.05, 4.69) is 0 Å². The highest BCUT2D eigenvalue weighted by atomic mass is 16.4. The first-order valence-corrected chi connectivity index (χ1v) is 4.09. The van der Waals surface area contributed by atoms with E-state index in [0.29, 0.717) is 0 Å². The summed E-state index contributed by atoms with van der Waals surface area (Å²) in [6, 6.07) is -2.53. The van der Waals surface area contributed by atoms with Crippen molar-refractivity contribution < 1.29 is 24.6 Å². The molecule has 0 fully saturated rings. The Hall–Kier alpha value is -1.67. The summed E-state index contributed by atoms with van der Waals surface area (Å²) in [5.41, 5.74) is 10.3. The summed E-state index contributed by atoms with van der Waals surface area (Å²) >= 11 is 0. The van der Waals surface area contributed by atoms with E-state index >= 15 is 0 Å². The van der Waals surface area contributed by atoms with Gasteiger partial charge in [0.2, 0.25) is 5.91 Å². The van der Waals surface area contributed by atoms with E-state index in [1.807, 2.05) is 5.32 Å². The predicted octanol–water partition coefficient (Wildman–Crippen LogP) is -2.68. The minimum Gasteiger partial charge on any atom is -0.481 e. The molecule has 7 N–H and O–H groups in total. The molecule has 0 aromatic rings. The van der Waals surface area contributed by atoms with Gasteiger partial charge in [0, 0.05) is 6.54 Å². The number of nitrogens with one attached hydrogen (secondary N) is 1. The van der Waals surface area contributed by atoms with Crippen LogP contribution in [-0.2, 0) is 14.4 Å². The van der Waals surface area contributed by atoms with Crippen molar-refractivity contribution in [3.8, 4) is 0 Å². The zero-order valence-corrected chi connectivity index (χ0v) is 7.84. The molecule has 0 aromatic heterocycles. The molecule has 15 heavy (non-hydrogen) atoms. The van der Waals surface area contributed by atoms with Crippen LogP contribution in [0, 0.1) is 0 Å². The van der Waals surface area contributed by atoms with E-state index in [1.165, 1.54) is 0 Å². The highest BCUT2D eigenvalue weighted by Crippen LogP contribution is 1.93. The van der Waals surface area contributed by atoms with Crippen LogP contribution < -0.4 is 16.8 Å². The summed E-state index contributed by atoms with van der Waals surface area (Å²) in [5.74, 6) is -3.55. The number of carbonyl (C=O) groups excluding carboxylic acids is 1. The summed E-state index contributed by atoms with van der Waals surface area (Å²) in [6.07, 6.45) is -0.710. The zero-order chi connectivity index (χ0) is 12.0. The number of carboxylic acids is 2. The lowest BCUT2D eigenvalue weighted by Crippen LogP contribution is -2.51. The van der Waals surface area contributed by atoms with Gasteiger partial charge in [-0.2, -0.15) is 0 Å². The van der Waals surface area contributed by atoms with Gasteiger partial charge >= 0.3 is 11.9 Å². The highest BCUT2D eigenvalue weighted by molar-refractivity contribution is 5.89. The smallest absolute Gasteiger partial charge is 0.326 e. The highest BCUT2D eigenvalue weighted by Gasteiger charge is 2.24. The summed E-state index contributed by atoms with van der Waals surface area (Å²) in [4.78, 5) is 31.9. The third kappa shape index (κ3) is 4.93. The van der Waals surface area contributed by atoms with Crippen molar-refractivity contribution >= 4 is 17.8 Å². The van der Waals surface area contributed by atoms with Crippen molar-refractivity contribution in [2.24, 2.45) is 11.5 Å². The van der Waals surface area contributed by atoms with Gasteiger partial charge in [-0.1, -0.05) is 0 Å². The molecule has 2 atom stereocenters. The monoisotopic (exact) mass is 219 g/mol. The van der Waals surface area contributed by atoms with Crippen molar-refractivity contribution in [2.75, 3.05) is 6.54 Å². The summed E-state index contributed by atoms with van der Waals surface area (Å²) in [7, 11) is 0. The minimum absolute atomic E-state index is 0.148. The summed E-state index contributed by atoms with van der Waals surface area (Å²) in [6.45, 7) is -0.148. The molecule has 8 heteroatoms. The van der Waals surface area contributed by atoms with Crippen molar-refractivity contribution in [1.82, 2.24) is 5.32 Å². The quantitative estimate of drug-likeness (QED) is 0.325. The van der Waals surface area contributed by atoms with Crippen LogP contribution in [0.15, 0.2) is 0 Å². The third-order valence-electron chi connectivity index (χ3n) is 1.58. The Morgan fingerprint density at radius 1 is 1.27 bits per heavy atom. The zero-order valence-electron chi connectivity index (χ0n) is 7.84. The number of amides is 1. The first-order chi connectivity index (χ1) is 6.88. The van der Waals surface area contributed by atoms with Gasteiger partial charge in [-0.3, -0.25) is 9.59 Å². The second-order valence-corrected chi connectivity index (χ2v) is 2.84. The molecule has 1 amide bonds. The summed E-state index contributed by atoms with van der Waals surface area (Å²) < 4.78 is 0. The molecule has 0 aliphatic rings. The number of carboxylic acid groups (broad SMARTS) is 2. The van der Waals surface area contributed by atoms with E-state index in [-0.39, 0.29) is 6.54 Å². The predicted molar refractivity (Wildman–Crippen MR) is 48.8 cm³/mol. The van der Waals surface area contributed by atoms with Crippen LogP contribution in [0.4, 0.5) is 0 Å². The standard InChI is InChI=1S/C7H13N3O5/c8-2-3(9)6(13)10-4(7(14)15)1-5(11)12/h3-4H,1-2,8-9H2,(H,10,13)(H,11,12)(H,14,15)/t3-,4-/m0/s1. The Morgan fingerprint density at radius 3 is 2.13 bits per heavy atom. The normalized spacial score (nSPS) is 14.0. The number of aliphatic carboxylic acids is 2. The van der Waals surface area contributed by atoms with Crippen LogP contribution in [0.5, 0.6) is 0 Å². The number of hydrogen-bond donors (Lipinski definition) is 5. The largest absolute Gasteiger partial charge is 0.481 e. The molecule has 0 bridgehead atoms. The van der Waals surface area contributed by atoms with Crippen LogP contribution in [0.1, 0.15) is 6.42 Å². The number of carbonyl (C=O) groups is 3. The van der Waals surface area contributed by atoms with Gasteiger partial charge in [-0.05, 0) is 0 Å². The maximum Gasteiger partial charge on any atom is 0.326 e. The average Bonchev–Trinajstić information content (AvgIpc) is 2.14. The van der Waals surface area contributed by atoms with Crippen LogP contribution in [0.25, 0.3) is 0 Å². The summed E-state index contributed by atoms with van der Waals surface area (Å²) in [5, 5.41) is 18.9. The molecule has 0 radical (unpaired) electrons. The molecule has 0 spiro atoms. The molecular weight excluding hydrogens is 206 g/mol. The molecule has 0 aliphatic heterocycles. The van der Waals surface area contributed by atoms with Crippen molar-refractivity contribution in [2.45, 2.75) is 18.5 Å². The molecule has 8 nitrogen and oxygen atoms in total. The van der Waals surface area contributed by atoms with Crippen LogP contribution in [0.2, 0.25) is 0 Å². The molecule has 0 unspecified atom stereocenters. The Morgan fingerprint density at radius 2 is 1.80 bits per heavy atom. The van der Waals surface area contributed by atoms with Crippen molar-refractivity contribution in [3.63, 3.8) is 0 Å². The molecule has 0 saturated heterocycles. The van der Waals surface area contributed by atoms with Gasteiger partial charge < -0.3 is 27.0 Å². The molecule has 0 rings (SSSR count). The van der Waals surface area contributed by atoms with Gasteiger partial charge in [0.05, 0.1) is 12.5 Å². The lowest BCUT2D eigenvalue weighted by atomic mass is 10.2. The molecule has 86 valence electrons. The fourth-order valence-electron chi connectivity index (χ4n) is 0.760. The first-order valence-electron chi connectivity index (χ1n) is 4.09. The third-order valence-corrected chi connectivity index (χ3v) is 1.58. The maximum absolute atomic E-state index is 11.1. The Balaban J connectivity index is 4.35. The van der Waals surface area contributed by atoms with E-state index in [4.69, 9.17) is 21.7 Å². The van der Waals surface area contributed by atoms with Gasteiger partial charge in [0.15, 0.2) is 0 Å². The SMILES string of the molecule is NC[C@H](N)C(=O)N[C@@H](CC(=O)O)C(=O)O. The van der Waals surface area contributed by atoms with Gasteiger partial charge in [0.1, 0.15) is 6.04 Å². The van der Waals surface area contributed by atoms with Crippen molar-refractivity contribution in [1.29, 1.82) is 0 Å². The lowest BCUT2D eigenvalue weighted by Gasteiger charge is -2.15. The fourth-order valence-corrected chi connectivity index (χ4v) is 0.760. The molecular formula is C7H13N3O5. The topological polar surface area (TPSA) is 156 Å². The fraction of sp³-hybridized carbons (Fsp3) is 0.571. The van der Waals surface area contributed by atoms with Crippen LogP contribution in [-0.4, -0.2) is 46.7 Å². The van der Waals surface area contributed by atoms with E-state index in [0.717, 1.165) is 0 Å². The van der Waals surface area contributed by atoms with Crippen LogP contribution in [0.3, 0.4) is 0 Å². The maximum atomic E-state index is 11.1. The van der Waals surface area contributed by atoms with E-state index in [9.17, 15) is 14.4 Å². The second kappa shape index (κ2) is 5.94. The van der Waals surface area contributed by atoms with Gasteiger partial charge in [-0.15, -0.1) is 0 Å².